The van der Waals surface area contributed by atoms with Crippen molar-refractivity contribution in [3.05, 3.63) is 0 Å². The fourth-order valence-corrected chi connectivity index (χ4v) is 5.36. The van der Waals surface area contributed by atoms with E-state index < -0.39 is 0 Å². The minimum absolute atomic E-state index is 0.0645. The monoisotopic (exact) mass is 317 g/mol. The van der Waals surface area contributed by atoms with Crippen molar-refractivity contribution in [3.63, 3.8) is 0 Å². The predicted molar refractivity (Wildman–Crippen MR) is 99.1 cm³/mol. The van der Waals surface area contributed by atoms with E-state index in [2.05, 4.69) is 19.9 Å². The highest BCUT2D eigenvalue weighted by atomic mass is 14.5. The van der Waals surface area contributed by atoms with E-state index in [1.165, 1.54) is 96.3 Å². The second-order valence-corrected chi connectivity index (χ2v) is 8.60. The summed E-state index contributed by atoms with van der Waals surface area (Å²) >= 11 is 0. The molecular weight excluding hydrogens is 278 g/mol. The van der Waals surface area contributed by atoms with Crippen LogP contribution in [0.25, 0.3) is 0 Å². The summed E-state index contributed by atoms with van der Waals surface area (Å²) in [6.45, 7) is 4.59. The lowest BCUT2D eigenvalue weighted by molar-refractivity contribution is 0.0367. The molecule has 0 aromatic rings. The Morgan fingerprint density at radius 2 is 1.61 bits per heavy atom. The highest BCUT2D eigenvalue weighted by Crippen LogP contribution is 2.54. The Labute approximate surface area is 145 Å². The van der Waals surface area contributed by atoms with Crippen LogP contribution >= 0.6 is 0 Å². The van der Waals surface area contributed by atoms with Crippen LogP contribution in [-0.2, 0) is 0 Å². The average molecular weight is 318 g/mol. The Hall–Kier alpha value is -0.510. The van der Waals surface area contributed by atoms with Gasteiger partial charge in [-0.2, -0.15) is 5.26 Å². The van der Waals surface area contributed by atoms with Crippen LogP contribution in [0.15, 0.2) is 0 Å². The standard InChI is InChI=1S/C22H39N/c1-3-5-7-8-9-11-20-12-13-21-16-19(10-6-4-2)14-15-22(21,17-20)18-23/h19-21H,3-17H2,1-2H3. The molecule has 23 heavy (non-hydrogen) atoms. The molecule has 1 heteroatoms. The smallest absolute Gasteiger partial charge is 0.0692 e. The Bertz CT molecular complexity index is 369. The first-order valence-corrected chi connectivity index (χ1v) is 10.6. The van der Waals surface area contributed by atoms with Gasteiger partial charge in [-0.1, -0.05) is 78.1 Å². The van der Waals surface area contributed by atoms with Gasteiger partial charge in [0.05, 0.1) is 11.5 Å². The molecule has 2 fully saturated rings. The number of hydrogen-bond acceptors (Lipinski definition) is 1. The molecule has 0 radical (unpaired) electrons. The minimum atomic E-state index is 0.0645. The number of unbranched alkanes of at least 4 members (excludes halogenated alkanes) is 5. The van der Waals surface area contributed by atoms with Gasteiger partial charge in [0, 0.05) is 0 Å². The topological polar surface area (TPSA) is 23.8 Å². The molecule has 0 aliphatic heterocycles. The molecule has 1 nitrogen and oxygen atoms in total. The van der Waals surface area contributed by atoms with Crippen molar-refractivity contribution in [1.29, 1.82) is 5.26 Å². The normalized spacial score (nSPS) is 33.9. The van der Waals surface area contributed by atoms with Crippen molar-refractivity contribution >= 4 is 0 Å². The number of nitriles is 1. The average Bonchev–Trinajstić information content (AvgIpc) is 2.59. The molecule has 132 valence electrons. The van der Waals surface area contributed by atoms with Crippen molar-refractivity contribution in [2.24, 2.45) is 23.2 Å². The lowest BCUT2D eigenvalue weighted by Crippen LogP contribution is -2.40. The third-order valence-corrected chi connectivity index (χ3v) is 6.88. The van der Waals surface area contributed by atoms with E-state index in [1.54, 1.807) is 0 Å². The zero-order chi connectivity index (χ0) is 16.5. The maximum Gasteiger partial charge on any atom is 0.0692 e. The van der Waals surface area contributed by atoms with Crippen molar-refractivity contribution in [3.8, 4) is 6.07 Å². The zero-order valence-corrected chi connectivity index (χ0v) is 15.8. The third-order valence-electron chi connectivity index (χ3n) is 6.88. The molecule has 0 heterocycles. The van der Waals surface area contributed by atoms with Crippen LogP contribution in [0.5, 0.6) is 0 Å². The van der Waals surface area contributed by atoms with E-state index in [0.717, 1.165) is 17.8 Å². The van der Waals surface area contributed by atoms with Crippen LogP contribution in [-0.4, -0.2) is 0 Å². The Kier molecular flexibility index (Phi) is 7.94. The van der Waals surface area contributed by atoms with Gasteiger partial charge in [-0.15, -0.1) is 0 Å². The molecular formula is C22H39N. The van der Waals surface area contributed by atoms with E-state index in [1.807, 2.05) is 0 Å². The van der Waals surface area contributed by atoms with Crippen LogP contribution < -0.4 is 0 Å². The fraction of sp³-hybridized carbons (Fsp3) is 0.955. The molecule has 4 atom stereocenters. The SMILES string of the molecule is CCCCCCCC1CCC2CC(CCCC)CCC2(C#N)C1. The summed E-state index contributed by atoms with van der Waals surface area (Å²) in [5.41, 5.74) is 0.0645. The number of fused-ring (bicyclic) bond motifs is 1. The number of hydrogen-bond donors (Lipinski definition) is 0. The van der Waals surface area contributed by atoms with Gasteiger partial charge < -0.3 is 0 Å². The first-order valence-electron chi connectivity index (χ1n) is 10.6. The Morgan fingerprint density at radius 1 is 0.870 bits per heavy atom. The number of nitrogens with zero attached hydrogens (tertiary/aromatic N) is 1. The summed E-state index contributed by atoms with van der Waals surface area (Å²) in [6.07, 6.45) is 20.3. The van der Waals surface area contributed by atoms with E-state index in [-0.39, 0.29) is 5.41 Å². The molecule has 2 rings (SSSR count). The fourth-order valence-electron chi connectivity index (χ4n) is 5.36. The second-order valence-electron chi connectivity index (χ2n) is 8.60. The van der Waals surface area contributed by atoms with Crippen LogP contribution in [0.4, 0.5) is 0 Å². The van der Waals surface area contributed by atoms with Gasteiger partial charge in [0.1, 0.15) is 0 Å². The molecule has 2 aliphatic rings. The lowest BCUT2D eigenvalue weighted by Gasteiger charge is -2.48. The van der Waals surface area contributed by atoms with E-state index in [4.69, 9.17) is 0 Å². The lowest BCUT2D eigenvalue weighted by atomic mass is 9.55. The Balaban J connectivity index is 1.79. The molecule has 2 aliphatic carbocycles. The summed E-state index contributed by atoms with van der Waals surface area (Å²) in [5, 5.41) is 9.95. The van der Waals surface area contributed by atoms with Gasteiger partial charge in [-0.05, 0) is 49.9 Å². The molecule has 0 aromatic carbocycles. The number of rotatable bonds is 9. The van der Waals surface area contributed by atoms with Crippen LogP contribution in [0.2, 0.25) is 0 Å². The van der Waals surface area contributed by atoms with E-state index >= 15 is 0 Å². The quantitative estimate of drug-likeness (QED) is 0.410. The molecule has 0 N–H and O–H groups in total. The first-order chi connectivity index (χ1) is 11.2. The summed E-state index contributed by atoms with van der Waals surface area (Å²) in [7, 11) is 0. The summed E-state index contributed by atoms with van der Waals surface area (Å²) < 4.78 is 0. The van der Waals surface area contributed by atoms with Crippen molar-refractivity contribution in [2.75, 3.05) is 0 Å². The first kappa shape index (κ1) is 18.8. The second kappa shape index (κ2) is 9.71. The van der Waals surface area contributed by atoms with Gasteiger partial charge in [-0.3, -0.25) is 0 Å². The molecule has 0 bridgehead atoms. The molecule has 0 saturated heterocycles. The van der Waals surface area contributed by atoms with Crippen LogP contribution in [0.1, 0.15) is 110 Å². The van der Waals surface area contributed by atoms with Gasteiger partial charge in [0.25, 0.3) is 0 Å². The van der Waals surface area contributed by atoms with Gasteiger partial charge in [0.15, 0.2) is 0 Å². The summed E-state index contributed by atoms with van der Waals surface area (Å²) in [6, 6.07) is 2.84. The zero-order valence-electron chi connectivity index (χ0n) is 15.8. The van der Waals surface area contributed by atoms with Crippen molar-refractivity contribution in [1.82, 2.24) is 0 Å². The Morgan fingerprint density at radius 3 is 2.35 bits per heavy atom. The van der Waals surface area contributed by atoms with E-state index in [0.29, 0.717) is 0 Å². The highest BCUT2D eigenvalue weighted by Gasteiger charge is 2.47. The molecule has 0 aromatic heterocycles. The molecule has 0 spiro atoms. The van der Waals surface area contributed by atoms with Gasteiger partial charge in [0.2, 0.25) is 0 Å². The minimum Gasteiger partial charge on any atom is -0.198 e. The predicted octanol–water partition coefficient (Wildman–Crippen LogP) is 7.26. The van der Waals surface area contributed by atoms with Crippen LogP contribution in [0, 0.1) is 34.5 Å². The molecule has 2 saturated carbocycles. The maximum atomic E-state index is 9.95. The molecule has 0 amide bonds. The molecule has 4 unspecified atom stereocenters. The van der Waals surface area contributed by atoms with E-state index in [9.17, 15) is 5.26 Å². The van der Waals surface area contributed by atoms with Crippen molar-refractivity contribution in [2.45, 2.75) is 110 Å². The largest absolute Gasteiger partial charge is 0.198 e. The summed E-state index contributed by atoms with van der Waals surface area (Å²) in [4.78, 5) is 0. The van der Waals surface area contributed by atoms with Gasteiger partial charge in [-0.25, -0.2) is 0 Å². The van der Waals surface area contributed by atoms with Crippen LogP contribution in [0.3, 0.4) is 0 Å². The van der Waals surface area contributed by atoms with Gasteiger partial charge >= 0.3 is 0 Å². The maximum absolute atomic E-state index is 9.95. The highest BCUT2D eigenvalue weighted by molar-refractivity contribution is 5.08. The third kappa shape index (κ3) is 5.23. The summed E-state index contributed by atoms with van der Waals surface area (Å²) in [5.74, 6) is 2.49. The van der Waals surface area contributed by atoms with Crippen molar-refractivity contribution < 1.29 is 0 Å².